The van der Waals surface area contributed by atoms with Crippen molar-refractivity contribution in [1.82, 2.24) is 4.31 Å². The van der Waals surface area contributed by atoms with Crippen LogP contribution in [0.5, 0.6) is 5.75 Å². The summed E-state index contributed by atoms with van der Waals surface area (Å²) in [5.74, 6) is 0.0635. The second-order valence-corrected chi connectivity index (χ2v) is 7.08. The minimum Gasteiger partial charge on any atom is -0.497 e. The molecule has 124 valence electrons. The molecule has 0 aliphatic rings. The van der Waals surface area contributed by atoms with Crippen molar-refractivity contribution in [2.24, 2.45) is 0 Å². The van der Waals surface area contributed by atoms with Gasteiger partial charge in [0.05, 0.1) is 18.1 Å². The van der Waals surface area contributed by atoms with Gasteiger partial charge < -0.3 is 9.84 Å². The summed E-state index contributed by atoms with van der Waals surface area (Å²) in [6.45, 7) is -0.132. The second-order valence-electron chi connectivity index (χ2n) is 5.03. The highest BCUT2D eigenvalue weighted by atomic mass is 32.2. The molecule has 0 aliphatic heterocycles. The van der Waals surface area contributed by atoms with Crippen molar-refractivity contribution in [1.29, 1.82) is 0 Å². The Morgan fingerprint density at radius 2 is 1.87 bits per heavy atom. The Morgan fingerprint density at radius 1 is 1.22 bits per heavy atom. The molecule has 0 bridgehead atoms. The second kappa shape index (κ2) is 7.08. The molecule has 5 nitrogen and oxygen atoms in total. The lowest BCUT2D eigenvalue weighted by Gasteiger charge is -2.21. The molecule has 0 aromatic heterocycles. The third-order valence-electron chi connectivity index (χ3n) is 3.43. The molecular formula is C16H18FNO4S. The van der Waals surface area contributed by atoms with Gasteiger partial charge in [-0.25, -0.2) is 12.8 Å². The molecule has 0 amide bonds. The zero-order valence-corrected chi connectivity index (χ0v) is 13.6. The minimum atomic E-state index is -3.80. The van der Waals surface area contributed by atoms with E-state index in [-0.39, 0.29) is 11.4 Å². The zero-order valence-electron chi connectivity index (χ0n) is 12.8. The van der Waals surface area contributed by atoms with E-state index in [0.717, 1.165) is 16.4 Å². The van der Waals surface area contributed by atoms with Crippen LogP contribution in [-0.2, 0) is 10.0 Å². The average molecular weight is 339 g/mol. The summed E-state index contributed by atoms with van der Waals surface area (Å²) >= 11 is 0. The van der Waals surface area contributed by atoms with Crippen LogP contribution in [0.1, 0.15) is 11.7 Å². The van der Waals surface area contributed by atoms with E-state index in [2.05, 4.69) is 0 Å². The fourth-order valence-corrected chi connectivity index (χ4v) is 3.26. The summed E-state index contributed by atoms with van der Waals surface area (Å²) in [5, 5.41) is 10.2. The first-order valence-electron chi connectivity index (χ1n) is 6.88. The number of likely N-dealkylation sites (N-methyl/N-ethyl adjacent to an activating group) is 1. The van der Waals surface area contributed by atoms with Crippen LogP contribution in [0.2, 0.25) is 0 Å². The zero-order chi connectivity index (χ0) is 17.0. The molecule has 2 aromatic rings. The van der Waals surface area contributed by atoms with E-state index in [1.807, 2.05) is 0 Å². The number of sulfonamides is 1. The van der Waals surface area contributed by atoms with Crippen LogP contribution in [0.4, 0.5) is 4.39 Å². The van der Waals surface area contributed by atoms with Gasteiger partial charge in [-0.3, -0.25) is 0 Å². The van der Waals surface area contributed by atoms with Gasteiger partial charge in [0.15, 0.2) is 0 Å². The van der Waals surface area contributed by atoms with Crippen molar-refractivity contribution >= 4 is 10.0 Å². The van der Waals surface area contributed by atoms with Crippen LogP contribution in [0.25, 0.3) is 0 Å². The van der Waals surface area contributed by atoms with Crippen molar-refractivity contribution in [2.45, 2.75) is 11.0 Å². The van der Waals surface area contributed by atoms with Crippen molar-refractivity contribution in [3.8, 4) is 5.75 Å². The molecule has 2 rings (SSSR count). The number of hydrogen-bond donors (Lipinski definition) is 1. The lowest BCUT2D eigenvalue weighted by atomic mass is 10.1. The van der Waals surface area contributed by atoms with Crippen LogP contribution in [0.15, 0.2) is 53.4 Å². The van der Waals surface area contributed by atoms with Gasteiger partial charge in [0, 0.05) is 13.6 Å². The molecule has 0 heterocycles. The van der Waals surface area contributed by atoms with E-state index >= 15 is 0 Å². The van der Waals surface area contributed by atoms with Crippen LogP contribution < -0.4 is 4.74 Å². The number of rotatable bonds is 6. The Balaban J connectivity index is 2.16. The maximum absolute atomic E-state index is 12.9. The summed E-state index contributed by atoms with van der Waals surface area (Å²) in [6.07, 6.45) is -1.01. The van der Waals surface area contributed by atoms with E-state index in [0.29, 0.717) is 11.3 Å². The smallest absolute Gasteiger partial charge is 0.242 e. The third kappa shape index (κ3) is 4.07. The van der Waals surface area contributed by atoms with Crippen LogP contribution in [0.3, 0.4) is 0 Å². The van der Waals surface area contributed by atoms with Crippen LogP contribution >= 0.6 is 0 Å². The lowest BCUT2D eigenvalue weighted by Crippen LogP contribution is -2.31. The van der Waals surface area contributed by atoms with E-state index in [1.165, 1.54) is 26.3 Å². The fourth-order valence-electron chi connectivity index (χ4n) is 2.08. The minimum absolute atomic E-state index is 0.0285. The molecule has 0 aliphatic carbocycles. The first-order valence-corrected chi connectivity index (χ1v) is 8.32. The van der Waals surface area contributed by atoms with Crippen LogP contribution in [0, 0.1) is 5.82 Å². The maximum Gasteiger partial charge on any atom is 0.242 e. The highest BCUT2D eigenvalue weighted by Crippen LogP contribution is 2.22. The molecule has 7 heteroatoms. The van der Waals surface area contributed by atoms with Gasteiger partial charge in [0.25, 0.3) is 0 Å². The van der Waals surface area contributed by atoms with Gasteiger partial charge >= 0.3 is 0 Å². The normalized spacial score (nSPS) is 13.1. The van der Waals surface area contributed by atoms with E-state index in [1.54, 1.807) is 24.3 Å². The molecule has 2 aromatic carbocycles. The summed E-state index contributed by atoms with van der Waals surface area (Å²) in [4.78, 5) is -0.0285. The third-order valence-corrected chi connectivity index (χ3v) is 5.27. The number of ether oxygens (including phenoxy) is 1. The standard InChI is InChI=1S/C16H18FNO4S/c1-18(23(20,21)15-8-6-13(17)7-9-15)11-16(19)12-4-3-5-14(10-12)22-2/h3-10,16,19H,11H2,1-2H3. The van der Waals surface area contributed by atoms with Gasteiger partial charge in [0.1, 0.15) is 11.6 Å². The van der Waals surface area contributed by atoms with Gasteiger partial charge in [0.2, 0.25) is 10.0 Å². The Hall–Kier alpha value is -1.96. The molecule has 23 heavy (non-hydrogen) atoms. The predicted octanol–water partition coefficient (Wildman–Crippen LogP) is 2.19. The molecule has 0 radical (unpaired) electrons. The lowest BCUT2D eigenvalue weighted by molar-refractivity contribution is 0.154. The Labute approximate surface area is 135 Å². The molecule has 0 saturated carbocycles. The molecule has 1 unspecified atom stereocenters. The Kier molecular flexibility index (Phi) is 5.35. The quantitative estimate of drug-likeness (QED) is 0.876. The summed E-state index contributed by atoms with van der Waals surface area (Å²) in [6, 6.07) is 11.3. The number of halogens is 1. The number of nitrogens with zero attached hydrogens (tertiary/aromatic N) is 1. The van der Waals surface area contributed by atoms with Gasteiger partial charge in [-0.1, -0.05) is 12.1 Å². The number of aliphatic hydroxyl groups is 1. The van der Waals surface area contributed by atoms with Gasteiger partial charge in [-0.05, 0) is 42.0 Å². The first-order chi connectivity index (χ1) is 10.8. The molecule has 0 spiro atoms. The van der Waals surface area contributed by atoms with E-state index < -0.39 is 21.9 Å². The highest BCUT2D eigenvalue weighted by molar-refractivity contribution is 7.89. The topological polar surface area (TPSA) is 66.8 Å². The maximum atomic E-state index is 12.9. The SMILES string of the molecule is COc1cccc(C(O)CN(C)S(=O)(=O)c2ccc(F)cc2)c1. The number of hydrogen-bond acceptors (Lipinski definition) is 4. The van der Waals surface area contributed by atoms with Crippen molar-refractivity contribution < 1.29 is 22.7 Å². The van der Waals surface area contributed by atoms with E-state index in [4.69, 9.17) is 4.74 Å². The predicted molar refractivity (Wildman–Crippen MR) is 84.2 cm³/mol. The molecular weight excluding hydrogens is 321 g/mol. The first kappa shape index (κ1) is 17.4. The summed E-state index contributed by atoms with van der Waals surface area (Å²) in [5.41, 5.74) is 0.547. The monoisotopic (exact) mass is 339 g/mol. The summed E-state index contributed by atoms with van der Waals surface area (Å²) < 4.78 is 43.8. The molecule has 1 atom stereocenters. The average Bonchev–Trinajstić information content (AvgIpc) is 2.55. The Morgan fingerprint density at radius 3 is 2.48 bits per heavy atom. The largest absolute Gasteiger partial charge is 0.497 e. The number of aliphatic hydroxyl groups excluding tert-OH is 1. The van der Waals surface area contributed by atoms with Crippen molar-refractivity contribution in [3.63, 3.8) is 0 Å². The van der Waals surface area contributed by atoms with Crippen LogP contribution in [-0.4, -0.2) is 38.5 Å². The van der Waals surface area contributed by atoms with Gasteiger partial charge in [-0.2, -0.15) is 4.31 Å². The van der Waals surface area contributed by atoms with E-state index in [9.17, 15) is 17.9 Å². The Bertz CT molecular complexity index is 762. The molecule has 0 saturated heterocycles. The van der Waals surface area contributed by atoms with Gasteiger partial charge in [-0.15, -0.1) is 0 Å². The summed E-state index contributed by atoms with van der Waals surface area (Å²) in [7, 11) is -0.925. The highest BCUT2D eigenvalue weighted by Gasteiger charge is 2.23. The number of benzene rings is 2. The van der Waals surface area contributed by atoms with Crippen molar-refractivity contribution in [2.75, 3.05) is 20.7 Å². The van der Waals surface area contributed by atoms with Crippen molar-refractivity contribution in [3.05, 3.63) is 59.9 Å². The molecule has 0 fully saturated rings. The molecule has 1 N–H and O–H groups in total. The number of methoxy groups -OCH3 is 1. The fraction of sp³-hybridized carbons (Fsp3) is 0.250.